The van der Waals surface area contributed by atoms with E-state index in [2.05, 4.69) is 20.6 Å². The van der Waals surface area contributed by atoms with E-state index >= 15 is 0 Å². The van der Waals surface area contributed by atoms with Crippen molar-refractivity contribution in [1.29, 1.82) is 0 Å². The Morgan fingerprint density at radius 2 is 1.10 bits per heavy atom. The molecule has 1 aliphatic heterocycles. The molecule has 4 aromatic rings. The predicted molar refractivity (Wildman–Crippen MR) is 125 cm³/mol. The van der Waals surface area contributed by atoms with Crippen LogP contribution in [0.1, 0.15) is 20.0 Å². The molecule has 2 aromatic carbocycles. The van der Waals surface area contributed by atoms with Gasteiger partial charge in [0.1, 0.15) is 12.1 Å². The number of carbonyl (C=O) groups is 2. The number of aromatic nitrogens is 2. The third kappa shape index (κ3) is 4.33. The van der Waals surface area contributed by atoms with Crippen LogP contribution in [-0.2, 0) is 22.4 Å². The number of benzene rings is 2. The lowest BCUT2D eigenvalue weighted by Gasteiger charge is -2.29. The van der Waals surface area contributed by atoms with Gasteiger partial charge in [-0.05, 0) is 23.3 Å². The van der Waals surface area contributed by atoms with Crippen LogP contribution in [0.25, 0.3) is 21.8 Å². The summed E-state index contributed by atoms with van der Waals surface area (Å²) in [5.74, 6) is -0.288. The normalized spacial score (nSPS) is 17.8. The molecule has 2 atom stereocenters. The van der Waals surface area contributed by atoms with Crippen molar-refractivity contribution in [2.45, 2.75) is 32.4 Å². The van der Waals surface area contributed by atoms with Crippen LogP contribution in [-0.4, -0.2) is 42.3 Å². The van der Waals surface area contributed by atoms with E-state index in [4.69, 9.17) is 0 Å². The predicted octanol–water partition coefficient (Wildman–Crippen LogP) is 3.07. The molecule has 0 bridgehead atoms. The maximum absolute atomic E-state index is 12.7. The SMILES string of the molecule is C.F.O=C1NC(Cc2c[nH]c3ccccc23)C(=O)NC1Cc1c[nH]c2ccccc12.[2HH].[B]. The molecule has 3 heterocycles. The number of H-pyrrole nitrogens is 2. The van der Waals surface area contributed by atoms with Gasteiger partial charge in [-0.15, -0.1) is 0 Å². The quantitative estimate of drug-likeness (QED) is 0.381. The number of halogens is 1. The summed E-state index contributed by atoms with van der Waals surface area (Å²) >= 11 is 0. The Labute approximate surface area is 183 Å². The highest BCUT2D eigenvalue weighted by Crippen LogP contribution is 2.22. The van der Waals surface area contributed by atoms with E-state index in [-0.39, 0.29) is 33.8 Å². The van der Waals surface area contributed by atoms with Crippen LogP contribution in [0.3, 0.4) is 0 Å². The zero-order valence-corrected chi connectivity index (χ0v) is 16.1. The minimum Gasteiger partial charge on any atom is -0.361 e. The first-order valence-electron chi connectivity index (χ1n) is 9.40. The largest absolute Gasteiger partial charge is 0.361 e. The van der Waals surface area contributed by atoms with Gasteiger partial charge in [0.05, 0.1) is 0 Å². The molecular weight excluding hydrogens is 394 g/mol. The van der Waals surface area contributed by atoms with Gasteiger partial charge in [-0.1, -0.05) is 43.8 Å². The summed E-state index contributed by atoms with van der Waals surface area (Å²) in [6.45, 7) is 0. The van der Waals surface area contributed by atoms with Crippen LogP contribution in [0.5, 0.6) is 0 Å². The van der Waals surface area contributed by atoms with E-state index in [9.17, 15) is 9.59 Å². The fourth-order valence-electron chi connectivity index (χ4n) is 4.00. The Balaban J connectivity index is 0.00000128. The summed E-state index contributed by atoms with van der Waals surface area (Å²) < 4.78 is 0. The second-order valence-electron chi connectivity index (χ2n) is 7.25. The van der Waals surface area contributed by atoms with Gasteiger partial charge in [-0.3, -0.25) is 14.3 Å². The van der Waals surface area contributed by atoms with Crippen LogP contribution in [0.2, 0.25) is 0 Å². The number of hydrogen-bond donors (Lipinski definition) is 4. The second kappa shape index (κ2) is 9.51. The Kier molecular flexibility index (Phi) is 7.28. The molecule has 0 saturated carbocycles. The topological polar surface area (TPSA) is 89.8 Å². The molecule has 0 spiro atoms. The molecule has 2 unspecified atom stereocenters. The fraction of sp³-hybridized carbons (Fsp3) is 0.217. The zero-order valence-electron chi connectivity index (χ0n) is 16.1. The molecular formula is C23H27BFN4O2. The molecule has 1 fully saturated rings. The van der Waals surface area contributed by atoms with Crippen LogP contribution >= 0.6 is 0 Å². The highest BCUT2D eigenvalue weighted by molar-refractivity contribution is 5.98. The first-order valence-corrected chi connectivity index (χ1v) is 9.40. The van der Waals surface area contributed by atoms with Gasteiger partial charge in [0, 0.05) is 56.9 Å². The van der Waals surface area contributed by atoms with Crippen molar-refractivity contribution in [3.8, 4) is 0 Å². The number of amides is 2. The minimum absolute atomic E-state index is 0. The molecule has 6 nitrogen and oxygen atoms in total. The summed E-state index contributed by atoms with van der Waals surface area (Å²) in [5.41, 5.74) is 4.09. The summed E-state index contributed by atoms with van der Waals surface area (Å²) in [7, 11) is 0. The van der Waals surface area contributed by atoms with Crippen LogP contribution in [0, 0.1) is 0 Å². The Morgan fingerprint density at radius 1 is 0.710 bits per heavy atom. The molecule has 0 aliphatic carbocycles. The Morgan fingerprint density at radius 3 is 1.52 bits per heavy atom. The van der Waals surface area contributed by atoms with Gasteiger partial charge in [-0.25, -0.2) is 0 Å². The van der Waals surface area contributed by atoms with Gasteiger partial charge in [0.15, 0.2) is 0 Å². The third-order valence-electron chi connectivity index (χ3n) is 5.46. The molecule has 1 saturated heterocycles. The zero-order chi connectivity index (χ0) is 19.1. The number of nitrogens with one attached hydrogen (secondary N) is 4. The molecule has 4 N–H and O–H groups in total. The van der Waals surface area contributed by atoms with E-state index in [1.807, 2.05) is 60.9 Å². The average Bonchev–Trinajstić information content (AvgIpc) is 3.30. The van der Waals surface area contributed by atoms with E-state index in [1.165, 1.54) is 0 Å². The minimum atomic E-state index is -0.564. The number of piperazine rings is 1. The first kappa shape index (κ1) is 23.7. The van der Waals surface area contributed by atoms with E-state index in [1.54, 1.807) is 0 Å². The molecule has 2 aromatic heterocycles. The fourth-order valence-corrected chi connectivity index (χ4v) is 4.00. The van der Waals surface area contributed by atoms with Crippen molar-refractivity contribution < 1.29 is 15.7 Å². The van der Waals surface area contributed by atoms with E-state index in [0.29, 0.717) is 12.8 Å². The van der Waals surface area contributed by atoms with Crippen molar-refractivity contribution in [1.82, 2.24) is 20.6 Å². The number of para-hydroxylation sites is 2. The average molecular weight is 422 g/mol. The van der Waals surface area contributed by atoms with Gasteiger partial charge < -0.3 is 20.6 Å². The smallest absolute Gasteiger partial charge is 0.243 e. The van der Waals surface area contributed by atoms with Crippen molar-refractivity contribution in [3.63, 3.8) is 0 Å². The molecule has 161 valence electrons. The number of carbonyl (C=O) groups excluding carboxylic acids is 2. The monoisotopic (exact) mass is 422 g/mol. The van der Waals surface area contributed by atoms with Crippen molar-refractivity contribution in [2.75, 3.05) is 0 Å². The lowest BCUT2D eigenvalue weighted by Crippen LogP contribution is -2.62. The summed E-state index contributed by atoms with van der Waals surface area (Å²) in [5, 5.41) is 7.96. The lowest BCUT2D eigenvalue weighted by atomic mass is 9.98. The highest BCUT2D eigenvalue weighted by atomic mass is 19.0. The summed E-state index contributed by atoms with van der Waals surface area (Å²) in [6, 6.07) is 14.8. The van der Waals surface area contributed by atoms with Gasteiger partial charge in [0.2, 0.25) is 11.8 Å². The molecule has 2 amide bonds. The lowest BCUT2D eigenvalue weighted by molar-refractivity contribution is -0.136. The molecule has 1 aliphatic rings. The molecule has 31 heavy (non-hydrogen) atoms. The number of aromatic amines is 2. The second-order valence-corrected chi connectivity index (χ2v) is 7.25. The third-order valence-corrected chi connectivity index (χ3v) is 5.46. The maximum Gasteiger partial charge on any atom is 0.243 e. The molecule has 8 heteroatoms. The number of hydrogen-bond acceptors (Lipinski definition) is 2. The number of fused-ring (bicyclic) bond motifs is 2. The van der Waals surface area contributed by atoms with Crippen molar-refractivity contribution in [2.24, 2.45) is 0 Å². The standard InChI is InChI=1S/C22H20N4O2.CH4.B.FH.H2/c27-21-19(9-13-11-23-17-7-3-1-5-15(13)17)25-22(28)20(26-21)10-14-12-24-18-8-4-2-6-16(14)18;;;;/h1-8,11-12,19-20,23-24H,9-10H2,(H,25,28)(H,26,27);1H4;;2*1H/i;;;;1+1. The van der Waals surface area contributed by atoms with Gasteiger partial charge in [0.25, 0.3) is 0 Å². The Hall–Kier alpha value is -3.55. The van der Waals surface area contributed by atoms with Gasteiger partial charge in [-0.2, -0.15) is 0 Å². The Bertz CT molecular complexity index is 1110. The molecule has 3 radical (unpaired) electrons. The summed E-state index contributed by atoms with van der Waals surface area (Å²) in [6.07, 6.45) is 4.73. The van der Waals surface area contributed by atoms with E-state index in [0.717, 1.165) is 32.9 Å². The van der Waals surface area contributed by atoms with Crippen LogP contribution in [0.4, 0.5) is 4.70 Å². The summed E-state index contributed by atoms with van der Waals surface area (Å²) in [4.78, 5) is 31.7. The molecule has 5 rings (SSSR count). The van der Waals surface area contributed by atoms with Crippen LogP contribution < -0.4 is 10.6 Å². The highest BCUT2D eigenvalue weighted by Gasteiger charge is 2.34. The van der Waals surface area contributed by atoms with Crippen molar-refractivity contribution >= 4 is 42.0 Å². The number of rotatable bonds is 4. The van der Waals surface area contributed by atoms with Gasteiger partial charge >= 0.3 is 0 Å². The van der Waals surface area contributed by atoms with Crippen molar-refractivity contribution in [3.05, 3.63) is 72.1 Å². The maximum atomic E-state index is 12.7. The van der Waals surface area contributed by atoms with E-state index < -0.39 is 12.1 Å². The van der Waals surface area contributed by atoms with Crippen LogP contribution in [0.15, 0.2) is 60.9 Å². The first-order chi connectivity index (χ1) is 13.7.